The average Bonchev–Trinajstić information content (AvgIpc) is 2.89. The summed E-state index contributed by atoms with van der Waals surface area (Å²) in [5.41, 5.74) is 0.876. The molecule has 2 aromatic rings. The minimum absolute atomic E-state index is 0.212. The van der Waals surface area contributed by atoms with Gasteiger partial charge in [0.1, 0.15) is 11.4 Å². The topological polar surface area (TPSA) is 93.1 Å². The van der Waals surface area contributed by atoms with Crippen LogP contribution in [0, 0.1) is 0 Å². The number of hydrogen-bond acceptors (Lipinski definition) is 5. The van der Waals surface area contributed by atoms with E-state index in [9.17, 15) is 14.4 Å². The first-order valence-corrected chi connectivity index (χ1v) is 7.93. The minimum atomic E-state index is -0.597. The molecular formula is C14H16N4O3S. The van der Waals surface area contributed by atoms with Gasteiger partial charge in [0.25, 0.3) is 5.56 Å². The molecule has 2 N–H and O–H groups in total. The van der Waals surface area contributed by atoms with E-state index in [4.69, 9.17) is 0 Å². The van der Waals surface area contributed by atoms with E-state index in [-0.39, 0.29) is 12.1 Å². The third-order valence-electron chi connectivity index (χ3n) is 3.74. The van der Waals surface area contributed by atoms with Crippen molar-refractivity contribution in [3.05, 3.63) is 27.1 Å². The lowest BCUT2D eigenvalue weighted by atomic mass is 9.97. The van der Waals surface area contributed by atoms with Gasteiger partial charge in [-0.3, -0.25) is 19.5 Å². The highest BCUT2D eigenvalue weighted by Gasteiger charge is 2.20. The van der Waals surface area contributed by atoms with E-state index in [2.05, 4.69) is 15.6 Å². The summed E-state index contributed by atoms with van der Waals surface area (Å²) in [4.78, 5) is 41.7. The second-order valence-corrected chi connectivity index (χ2v) is 6.28. The Kier molecular flexibility index (Phi) is 3.93. The maximum absolute atomic E-state index is 12.6. The molecule has 2 heterocycles. The van der Waals surface area contributed by atoms with Gasteiger partial charge in [0.15, 0.2) is 0 Å². The first-order chi connectivity index (χ1) is 10.6. The van der Waals surface area contributed by atoms with E-state index in [1.807, 2.05) is 0 Å². The molecule has 0 unspecified atom stereocenters. The van der Waals surface area contributed by atoms with Crippen LogP contribution in [0.4, 0.5) is 4.79 Å². The summed E-state index contributed by atoms with van der Waals surface area (Å²) < 4.78 is 1.25. The molecular weight excluding hydrogens is 304 g/mol. The van der Waals surface area contributed by atoms with Crippen LogP contribution in [0.15, 0.2) is 11.1 Å². The van der Waals surface area contributed by atoms with Gasteiger partial charge >= 0.3 is 6.03 Å². The molecule has 0 aliphatic heterocycles. The number of hydrogen-bond donors (Lipinski definition) is 2. The number of imide groups is 1. The van der Waals surface area contributed by atoms with E-state index in [0.717, 1.165) is 36.1 Å². The van der Waals surface area contributed by atoms with E-state index < -0.39 is 11.9 Å². The third kappa shape index (κ3) is 2.61. The van der Waals surface area contributed by atoms with E-state index >= 15 is 0 Å². The molecule has 0 bridgehead atoms. The summed E-state index contributed by atoms with van der Waals surface area (Å²) in [6, 6.07) is -0.597. The molecule has 2 aromatic heterocycles. The number of aryl methyl sites for hydroxylation is 2. The second kappa shape index (κ2) is 5.88. The van der Waals surface area contributed by atoms with Crippen molar-refractivity contribution in [3.8, 4) is 0 Å². The van der Waals surface area contributed by atoms with Crippen molar-refractivity contribution in [3.63, 3.8) is 0 Å². The molecule has 3 rings (SSSR count). The van der Waals surface area contributed by atoms with E-state index in [1.165, 1.54) is 22.8 Å². The van der Waals surface area contributed by atoms with Crippen molar-refractivity contribution in [2.45, 2.75) is 32.2 Å². The van der Waals surface area contributed by atoms with Crippen LogP contribution >= 0.6 is 11.3 Å². The predicted octanol–water partition coefficient (Wildman–Crippen LogP) is 0.792. The van der Waals surface area contributed by atoms with Crippen LogP contribution in [0.25, 0.3) is 10.2 Å². The number of aromatic nitrogens is 2. The molecule has 1 aliphatic rings. The Morgan fingerprint density at radius 1 is 1.36 bits per heavy atom. The predicted molar refractivity (Wildman–Crippen MR) is 83.1 cm³/mol. The number of amides is 3. The highest BCUT2D eigenvalue weighted by molar-refractivity contribution is 7.18. The minimum Gasteiger partial charge on any atom is -0.341 e. The van der Waals surface area contributed by atoms with Gasteiger partial charge in [-0.05, 0) is 31.2 Å². The smallest absolute Gasteiger partial charge is 0.321 e. The fourth-order valence-electron chi connectivity index (χ4n) is 2.68. The quantitative estimate of drug-likeness (QED) is 0.855. The lowest BCUT2D eigenvalue weighted by molar-refractivity contribution is -0.120. The summed E-state index contributed by atoms with van der Waals surface area (Å²) >= 11 is 1.57. The molecule has 1 aliphatic carbocycles. The number of carbonyl (C=O) groups excluding carboxylic acids is 2. The van der Waals surface area contributed by atoms with Crippen LogP contribution in [0.1, 0.15) is 23.3 Å². The van der Waals surface area contributed by atoms with Crippen molar-refractivity contribution >= 4 is 33.5 Å². The highest BCUT2D eigenvalue weighted by atomic mass is 32.1. The first kappa shape index (κ1) is 14.7. The third-order valence-corrected chi connectivity index (χ3v) is 4.94. The van der Waals surface area contributed by atoms with Gasteiger partial charge in [-0.2, -0.15) is 0 Å². The van der Waals surface area contributed by atoms with Crippen molar-refractivity contribution in [1.29, 1.82) is 0 Å². The Morgan fingerprint density at radius 2 is 2.14 bits per heavy atom. The average molecular weight is 320 g/mol. The van der Waals surface area contributed by atoms with Gasteiger partial charge in [-0.1, -0.05) is 0 Å². The molecule has 0 fully saturated rings. The normalized spacial score (nSPS) is 13.7. The Bertz CT molecular complexity index is 808. The van der Waals surface area contributed by atoms with Gasteiger partial charge in [0.2, 0.25) is 5.91 Å². The summed E-state index contributed by atoms with van der Waals surface area (Å²) in [6.07, 6.45) is 5.47. The molecule has 0 saturated carbocycles. The van der Waals surface area contributed by atoms with Gasteiger partial charge < -0.3 is 5.32 Å². The van der Waals surface area contributed by atoms with Gasteiger partial charge in [-0.15, -0.1) is 11.3 Å². The number of carbonyl (C=O) groups is 2. The van der Waals surface area contributed by atoms with Crippen LogP contribution in [0.5, 0.6) is 0 Å². The maximum atomic E-state index is 12.6. The lowest BCUT2D eigenvalue weighted by Gasteiger charge is -2.10. The molecule has 0 spiro atoms. The fraction of sp³-hybridized carbons (Fsp3) is 0.429. The zero-order valence-corrected chi connectivity index (χ0v) is 13.0. The highest BCUT2D eigenvalue weighted by Crippen LogP contribution is 2.33. The molecule has 3 amide bonds. The zero-order chi connectivity index (χ0) is 15.7. The Labute approximate surface area is 130 Å². The van der Waals surface area contributed by atoms with Crippen LogP contribution in [-0.4, -0.2) is 28.5 Å². The van der Waals surface area contributed by atoms with Crippen LogP contribution < -0.4 is 16.2 Å². The molecule has 7 nitrogen and oxygen atoms in total. The zero-order valence-electron chi connectivity index (χ0n) is 12.1. The van der Waals surface area contributed by atoms with Gasteiger partial charge in [0.05, 0.1) is 11.7 Å². The Balaban J connectivity index is 1.95. The fourth-order valence-corrected chi connectivity index (χ4v) is 3.90. The van der Waals surface area contributed by atoms with Gasteiger partial charge in [-0.25, -0.2) is 9.78 Å². The number of fused-ring (bicyclic) bond motifs is 3. The lowest BCUT2D eigenvalue weighted by Crippen LogP contribution is -2.40. The number of nitrogens with one attached hydrogen (secondary N) is 2. The van der Waals surface area contributed by atoms with Crippen molar-refractivity contribution in [1.82, 2.24) is 20.2 Å². The van der Waals surface area contributed by atoms with Crippen LogP contribution in [0.2, 0.25) is 0 Å². The van der Waals surface area contributed by atoms with Crippen LogP contribution in [0.3, 0.4) is 0 Å². The van der Waals surface area contributed by atoms with Crippen LogP contribution in [-0.2, 0) is 24.2 Å². The number of rotatable bonds is 2. The van der Waals surface area contributed by atoms with Gasteiger partial charge in [0, 0.05) is 11.9 Å². The standard InChI is InChI=1S/C14H16N4O3S/c1-15-14(21)17-10(19)6-18-7-16-12-11(13(18)20)8-4-2-3-5-9(8)22-12/h7H,2-6H2,1H3,(H2,15,17,19,21). The molecule has 22 heavy (non-hydrogen) atoms. The Hall–Kier alpha value is -2.22. The molecule has 116 valence electrons. The molecule has 0 saturated heterocycles. The number of urea groups is 1. The van der Waals surface area contributed by atoms with E-state index in [1.54, 1.807) is 11.3 Å². The maximum Gasteiger partial charge on any atom is 0.321 e. The second-order valence-electron chi connectivity index (χ2n) is 5.20. The molecule has 0 aromatic carbocycles. The summed E-state index contributed by atoms with van der Waals surface area (Å²) in [5.74, 6) is -0.549. The van der Waals surface area contributed by atoms with Crippen molar-refractivity contribution < 1.29 is 9.59 Å². The first-order valence-electron chi connectivity index (χ1n) is 7.11. The molecule has 8 heteroatoms. The van der Waals surface area contributed by atoms with Crippen molar-refractivity contribution in [2.75, 3.05) is 7.05 Å². The van der Waals surface area contributed by atoms with E-state index in [0.29, 0.717) is 5.39 Å². The summed E-state index contributed by atoms with van der Waals surface area (Å²) in [6.45, 7) is -0.222. The number of nitrogens with zero attached hydrogens (tertiary/aromatic N) is 2. The molecule has 0 radical (unpaired) electrons. The Morgan fingerprint density at radius 3 is 2.91 bits per heavy atom. The van der Waals surface area contributed by atoms with Crippen molar-refractivity contribution in [2.24, 2.45) is 0 Å². The monoisotopic (exact) mass is 320 g/mol. The number of thiophene rings is 1. The summed E-state index contributed by atoms with van der Waals surface area (Å²) in [5, 5.41) is 5.06. The molecule has 0 atom stereocenters. The summed E-state index contributed by atoms with van der Waals surface area (Å²) in [7, 11) is 1.42. The SMILES string of the molecule is CNC(=O)NC(=O)Cn1cnc2sc3c(c2c1=O)CCCC3. The largest absolute Gasteiger partial charge is 0.341 e.